The SMILES string of the molecule is C=CC(C=O)C(C)(C)C. The summed E-state index contributed by atoms with van der Waals surface area (Å²) < 4.78 is 0. The Morgan fingerprint density at radius 2 is 1.89 bits per heavy atom. The molecule has 0 aromatic carbocycles. The van der Waals surface area contributed by atoms with Crippen molar-refractivity contribution in [3.05, 3.63) is 12.7 Å². The zero-order chi connectivity index (χ0) is 7.49. The summed E-state index contributed by atoms with van der Waals surface area (Å²) in [6.45, 7) is 9.63. The molecule has 0 radical (unpaired) electrons. The molecule has 0 saturated carbocycles. The Labute approximate surface area is 56.8 Å². The second kappa shape index (κ2) is 2.81. The fraction of sp³-hybridized carbons (Fsp3) is 0.625. The molecule has 0 bridgehead atoms. The van der Waals surface area contributed by atoms with Crippen LogP contribution in [-0.2, 0) is 4.79 Å². The minimum Gasteiger partial charge on any atom is -0.303 e. The lowest BCUT2D eigenvalue weighted by atomic mass is 9.82. The Morgan fingerprint density at radius 1 is 1.44 bits per heavy atom. The number of aldehydes is 1. The first-order valence-electron chi connectivity index (χ1n) is 3.10. The molecule has 0 saturated heterocycles. The Bertz CT molecular complexity index is 100. The van der Waals surface area contributed by atoms with Gasteiger partial charge in [-0.2, -0.15) is 0 Å². The molecule has 0 spiro atoms. The van der Waals surface area contributed by atoms with Crippen LogP contribution in [0.2, 0.25) is 0 Å². The third-order valence-corrected chi connectivity index (χ3v) is 1.40. The molecule has 0 N–H and O–H groups in total. The van der Waals surface area contributed by atoms with Gasteiger partial charge in [0.05, 0.1) is 0 Å². The highest BCUT2D eigenvalue weighted by molar-refractivity contribution is 5.57. The van der Waals surface area contributed by atoms with Crippen LogP contribution in [0.4, 0.5) is 0 Å². The maximum absolute atomic E-state index is 10.3. The highest BCUT2D eigenvalue weighted by Gasteiger charge is 2.20. The average Bonchev–Trinajstić information content (AvgIpc) is 1.65. The van der Waals surface area contributed by atoms with Crippen LogP contribution in [-0.4, -0.2) is 6.29 Å². The molecule has 0 fully saturated rings. The Hall–Kier alpha value is -0.590. The monoisotopic (exact) mass is 126 g/mol. The first kappa shape index (κ1) is 8.41. The molecule has 1 nitrogen and oxygen atoms in total. The van der Waals surface area contributed by atoms with E-state index in [0.29, 0.717) is 0 Å². The van der Waals surface area contributed by atoms with E-state index in [1.165, 1.54) is 0 Å². The van der Waals surface area contributed by atoms with Crippen LogP contribution in [0, 0.1) is 11.3 Å². The maximum Gasteiger partial charge on any atom is 0.127 e. The molecule has 1 atom stereocenters. The van der Waals surface area contributed by atoms with E-state index < -0.39 is 0 Å². The standard InChI is InChI=1S/C8H14O/c1-5-7(6-9)8(2,3)4/h5-7H,1H2,2-4H3. The zero-order valence-electron chi connectivity index (χ0n) is 6.35. The second-order valence-electron chi connectivity index (χ2n) is 3.26. The lowest BCUT2D eigenvalue weighted by molar-refractivity contribution is -0.112. The molecule has 0 rings (SSSR count). The van der Waals surface area contributed by atoms with Gasteiger partial charge in [0.15, 0.2) is 0 Å². The van der Waals surface area contributed by atoms with E-state index >= 15 is 0 Å². The molecule has 1 heteroatoms. The quantitative estimate of drug-likeness (QED) is 0.408. The van der Waals surface area contributed by atoms with Crippen molar-refractivity contribution in [3.8, 4) is 0 Å². The normalized spacial score (nSPS) is 14.6. The van der Waals surface area contributed by atoms with Crippen molar-refractivity contribution in [2.45, 2.75) is 20.8 Å². The number of carbonyl (C=O) groups is 1. The number of allylic oxidation sites excluding steroid dienone is 1. The molecule has 52 valence electrons. The number of hydrogen-bond acceptors (Lipinski definition) is 1. The Morgan fingerprint density at radius 3 is 1.89 bits per heavy atom. The van der Waals surface area contributed by atoms with E-state index in [1.807, 2.05) is 20.8 Å². The molecule has 0 aliphatic carbocycles. The Kier molecular flexibility index (Phi) is 2.63. The number of rotatable bonds is 2. The van der Waals surface area contributed by atoms with Crippen LogP contribution in [0.25, 0.3) is 0 Å². The summed E-state index contributed by atoms with van der Waals surface area (Å²) >= 11 is 0. The van der Waals surface area contributed by atoms with E-state index in [9.17, 15) is 4.79 Å². The summed E-state index contributed by atoms with van der Waals surface area (Å²) in [7, 11) is 0. The van der Waals surface area contributed by atoms with Gasteiger partial charge >= 0.3 is 0 Å². The predicted molar refractivity (Wildman–Crippen MR) is 39.2 cm³/mol. The van der Waals surface area contributed by atoms with Crippen LogP contribution >= 0.6 is 0 Å². The van der Waals surface area contributed by atoms with Gasteiger partial charge in [0.25, 0.3) is 0 Å². The molecule has 0 heterocycles. The molecule has 0 aliphatic heterocycles. The van der Waals surface area contributed by atoms with Crippen LogP contribution in [0.15, 0.2) is 12.7 Å². The highest BCUT2D eigenvalue weighted by atomic mass is 16.1. The average molecular weight is 126 g/mol. The zero-order valence-corrected chi connectivity index (χ0v) is 6.35. The summed E-state index contributed by atoms with van der Waals surface area (Å²) in [6, 6.07) is 0. The van der Waals surface area contributed by atoms with Gasteiger partial charge in [-0.3, -0.25) is 0 Å². The summed E-state index contributed by atoms with van der Waals surface area (Å²) in [6.07, 6.45) is 2.62. The smallest absolute Gasteiger partial charge is 0.127 e. The summed E-state index contributed by atoms with van der Waals surface area (Å²) in [5, 5.41) is 0. The van der Waals surface area contributed by atoms with Crippen molar-refractivity contribution in [1.82, 2.24) is 0 Å². The molecule has 1 unspecified atom stereocenters. The van der Waals surface area contributed by atoms with Gasteiger partial charge in [-0.1, -0.05) is 26.8 Å². The van der Waals surface area contributed by atoms with E-state index in [-0.39, 0.29) is 11.3 Å². The molecular weight excluding hydrogens is 112 g/mol. The highest BCUT2D eigenvalue weighted by Crippen LogP contribution is 2.24. The summed E-state index contributed by atoms with van der Waals surface area (Å²) in [4.78, 5) is 10.3. The van der Waals surface area contributed by atoms with E-state index in [2.05, 4.69) is 6.58 Å². The van der Waals surface area contributed by atoms with Crippen LogP contribution in [0.5, 0.6) is 0 Å². The van der Waals surface area contributed by atoms with Crippen molar-refractivity contribution in [1.29, 1.82) is 0 Å². The van der Waals surface area contributed by atoms with E-state index in [4.69, 9.17) is 0 Å². The van der Waals surface area contributed by atoms with Crippen molar-refractivity contribution >= 4 is 6.29 Å². The molecule has 0 aromatic rings. The minimum absolute atomic E-state index is 0.0162. The largest absolute Gasteiger partial charge is 0.303 e. The van der Waals surface area contributed by atoms with Crippen LogP contribution in [0.1, 0.15) is 20.8 Å². The van der Waals surface area contributed by atoms with Gasteiger partial charge < -0.3 is 4.79 Å². The maximum atomic E-state index is 10.3. The van der Waals surface area contributed by atoms with Crippen LogP contribution in [0.3, 0.4) is 0 Å². The van der Waals surface area contributed by atoms with Gasteiger partial charge in [-0.05, 0) is 5.41 Å². The van der Waals surface area contributed by atoms with Crippen molar-refractivity contribution in [2.24, 2.45) is 11.3 Å². The third-order valence-electron chi connectivity index (χ3n) is 1.40. The third kappa shape index (κ3) is 2.45. The molecular formula is C8H14O. The summed E-state index contributed by atoms with van der Waals surface area (Å²) in [5.74, 6) is -0.0162. The minimum atomic E-state index is -0.0162. The van der Waals surface area contributed by atoms with Gasteiger partial charge in [0, 0.05) is 5.92 Å². The molecule has 0 aromatic heterocycles. The van der Waals surface area contributed by atoms with Gasteiger partial charge in [-0.25, -0.2) is 0 Å². The predicted octanol–water partition coefficient (Wildman–Crippen LogP) is 2.03. The van der Waals surface area contributed by atoms with Crippen molar-refractivity contribution < 1.29 is 4.79 Å². The topological polar surface area (TPSA) is 17.1 Å². The lowest BCUT2D eigenvalue weighted by Crippen LogP contribution is -2.18. The number of hydrogen-bond donors (Lipinski definition) is 0. The first-order chi connectivity index (χ1) is 4.02. The lowest BCUT2D eigenvalue weighted by Gasteiger charge is -2.22. The fourth-order valence-corrected chi connectivity index (χ4v) is 0.613. The molecule has 0 amide bonds. The van der Waals surface area contributed by atoms with Gasteiger partial charge in [0.1, 0.15) is 6.29 Å². The van der Waals surface area contributed by atoms with Gasteiger partial charge in [-0.15, -0.1) is 6.58 Å². The number of carbonyl (C=O) groups excluding carboxylic acids is 1. The van der Waals surface area contributed by atoms with E-state index in [0.717, 1.165) is 6.29 Å². The molecule has 9 heavy (non-hydrogen) atoms. The van der Waals surface area contributed by atoms with E-state index in [1.54, 1.807) is 6.08 Å². The van der Waals surface area contributed by atoms with Crippen molar-refractivity contribution in [3.63, 3.8) is 0 Å². The first-order valence-corrected chi connectivity index (χ1v) is 3.10. The molecule has 0 aliphatic rings. The Balaban J connectivity index is 4.11. The van der Waals surface area contributed by atoms with Gasteiger partial charge in [0.2, 0.25) is 0 Å². The van der Waals surface area contributed by atoms with Crippen LogP contribution < -0.4 is 0 Å². The summed E-state index contributed by atoms with van der Waals surface area (Å²) in [5.41, 5.74) is 0.0312. The van der Waals surface area contributed by atoms with Crippen molar-refractivity contribution in [2.75, 3.05) is 0 Å². The second-order valence-corrected chi connectivity index (χ2v) is 3.26. The fourth-order valence-electron chi connectivity index (χ4n) is 0.613.